The standard InChI is InChI=1S/C17H19BrO2S/c1-11-9-17(20-3)12(2)8-15(11)16(19)10-21-14-6-4-13(18)5-7-14/h4-9,16,19H,10H2,1-3H3. The van der Waals surface area contributed by atoms with Gasteiger partial charge in [0.15, 0.2) is 0 Å². The Hall–Kier alpha value is -0.970. The van der Waals surface area contributed by atoms with Crippen molar-refractivity contribution in [2.75, 3.05) is 12.9 Å². The molecular weight excluding hydrogens is 348 g/mol. The Kier molecular flexibility index (Phi) is 5.73. The lowest BCUT2D eigenvalue weighted by molar-refractivity contribution is 0.203. The van der Waals surface area contributed by atoms with Gasteiger partial charge in [0.25, 0.3) is 0 Å². The fourth-order valence-corrected chi connectivity index (χ4v) is 3.31. The summed E-state index contributed by atoms with van der Waals surface area (Å²) in [7, 11) is 1.67. The second-order valence-electron chi connectivity index (χ2n) is 4.96. The summed E-state index contributed by atoms with van der Waals surface area (Å²) in [6, 6.07) is 12.1. The smallest absolute Gasteiger partial charge is 0.122 e. The van der Waals surface area contributed by atoms with Gasteiger partial charge in [0, 0.05) is 15.1 Å². The van der Waals surface area contributed by atoms with Crippen LogP contribution in [0.15, 0.2) is 45.8 Å². The molecule has 1 N–H and O–H groups in total. The van der Waals surface area contributed by atoms with Crippen molar-refractivity contribution in [2.45, 2.75) is 24.8 Å². The first-order valence-electron chi connectivity index (χ1n) is 6.73. The van der Waals surface area contributed by atoms with E-state index in [-0.39, 0.29) is 0 Å². The van der Waals surface area contributed by atoms with E-state index in [0.29, 0.717) is 5.75 Å². The first-order valence-corrected chi connectivity index (χ1v) is 8.50. The summed E-state index contributed by atoms with van der Waals surface area (Å²) >= 11 is 5.08. The Bertz CT molecular complexity index is 611. The predicted molar refractivity (Wildman–Crippen MR) is 92.3 cm³/mol. The van der Waals surface area contributed by atoms with Gasteiger partial charge >= 0.3 is 0 Å². The van der Waals surface area contributed by atoms with E-state index in [2.05, 4.69) is 15.9 Å². The van der Waals surface area contributed by atoms with E-state index in [9.17, 15) is 5.11 Å². The highest BCUT2D eigenvalue weighted by Gasteiger charge is 2.13. The molecule has 0 heterocycles. The number of methoxy groups -OCH3 is 1. The third-order valence-corrected chi connectivity index (χ3v) is 4.98. The molecule has 0 radical (unpaired) electrons. The average molecular weight is 367 g/mol. The summed E-state index contributed by atoms with van der Waals surface area (Å²) in [5.41, 5.74) is 3.07. The average Bonchev–Trinajstić information content (AvgIpc) is 2.48. The van der Waals surface area contributed by atoms with Gasteiger partial charge in [0.05, 0.1) is 13.2 Å². The predicted octanol–water partition coefficient (Wildman–Crippen LogP) is 4.90. The molecule has 0 saturated heterocycles. The molecule has 2 aromatic rings. The van der Waals surface area contributed by atoms with Gasteiger partial charge in [-0.05, 0) is 66.9 Å². The van der Waals surface area contributed by atoms with Gasteiger partial charge in [-0.3, -0.25) is 0 Å². The van der Waals surface area contributed by atoms with Crippen LogP contribution in [0.25, 0.3) is 0 Å². The maximum Gasteiger partial charge on any atom is 0.122 e. The third-order valence-electron chi connectivity index (χ3n) is 3.36. The van der Waals surface area contributed by atoms with Gasteiger partial charge < -0.3 is 9.84 Å². The van der Waals surface area contributed by atoms with Crippen LogP contribution in [0.3, 0.4) is 0 Å². The molecular formula is C17H19BrO2S. The van der Waals surface area contributed by atoms with E-state index in [4.69, 9.17) is 4.74 Å². The number of aryl methyl sites for hydroxylation is 2. The maximum absolute atomic E-state index is 10.4. The zero-order valence-corrected chi connectivity index (χ0v) is 14.8. The van der Waals surface area contributed by atoms with E-state index in [1.54, 1.807) is 18.9 Å². The molecule has 2 rings (SSSR count). The summed E-state index contributed by atoms with van der Waals surface area (Å²) in [6.45, 7) is 4.00. The van der Waals surface area contributed by atoms with Crippen LogP contribution in [0.5, 0.6) is 5.75 Å². The Morgan fingerprint density at radius 3 is 2.43 bits per heavy atom. The zero-order chi connectivity index (χ0) is 15.4. The second kappa shape index (κ2) is 7.34. The summed E-state index contributed by atoms with van der Waals surface area (Å²) in [5, 5.41) is 10.4. The summed E-state index contributed by atoms with van der Waals surface area (Å²) < 4.78 is 6.37. The van der Waals surface area contributed by atoms with E-state index in [0.717, 1.165) is 31.8 Å². The molecule has 0 aliphatic carbocycles. The molecule has 1 atom stereocenters. The summed E-state index contributed by atoms with van der Waals surface area (Å²) in [6.07, 6.45) is -0.483. The number of rotatable bonds is 5. The molecule has 0 aliphatic rings. The number of aliphatic hydroxyl groups excluding tert-OH is 1. The first kappa shape index (κ1) is 16.4. The van der Waals surface area contributed by atoms with Gasteiger partial charge in [-0.15, -0.1) is 11.8 Å². The minimum absolute atomic E-state index is 0.483. The number of thioether (sulfide) groups is 1. The van der Waals surface area contributed by atoms with Crippen LogP contribution in [0.2, 0.25) is 0 Å². The molecule has 0 aromatic heterocycles. The molecule has 0 spiro atoms. The molecule has 112 valence electrons. The third kappa shape index (κ3) is 4.25. The van der Waals surface area contributed by atoms with Gasteiger partial charge in [-0.1, -0.05) is 15.9 Å². The quantitative estimate of drug-likeness (QED) is 0.763. The molecule has 0 fully saturated rings. The van der Waals surface area contributed by atoms with Crippen LogP contribution in [0.4, 0.5) is 0 Å². The summed E-state index contributed by atoms with van der Waals surface area (Å²) in [5.74, 6) is 1.50. The molecule has 21 heavy (non-hydrogen) atoms. The fourth-order valence-electron chi connectivity index (χ4n) is 2.19. The highest BCUT2D eigenvalue weighted by atomic mass is 79.9. The van der Waals surface area contributed by atoms with Gasteiger partial charge in [0.1, 0.15) is 5.75 Å². The van der Waals surface area contributed by atoms with Gasteiger partial charge in [-0.25, -0.2) is 0 Å². The van der Waals surface area contributed by atoms with E-state index in [1.807, 2.05) is 50.2 Å². The van der Waals surface area contributed by atoms with E-state index >= 15 is 0 Å². The first-order chi connectivity index (χ1) is 10.0. The van der Waals surface area contributed by atoms with Crippen LogP contribution in [-0.2, 0) is 0 Å². The van der Waals surface area contributed by atoms with E-state index < -0.39 is 6.10 Å². The van der Waals surface area contributed by atoms with Crippen LogP contribution in [0.1, 0.15) is 22.8 Å². The van der Waals surface area contributed by atoms with Crippen LogP contribution < -0.4 is 4.74 Å². The van der Waals surface area contributed by atoms with Crippen LogP contribution >= 0.6 is 27.7 Å². The molecule has 0 amide bonds. The minimum atomic E-state index is -0.483. The highest BCUT2D eigenvalue weighted by Crippen LogP contribution is 2.30. The summed E-state index contributed by atoms with van der Waals surface area (Å²) in [4.78, 5) is 1.15. The zero-order valence-electron chi connectivity index (χ0n) is 12.4. The van der Waals surface area contributed by atoms with Crippen molar-refractivity contribution in [2.24, 2.45) is 0 Å². The van der Waals surface area contributed by atoms with Crippen molar-refractivity contribution in [1.29, 1.82) is 0 Å². The normalized spacial score (nSPS) is 12.2. The number of ether oxygens (including phenoxy) is 1. The number of benzene rings is 2. The molecule has 1 unspecified atom stereocenters. The Balaban J connectivity index is 2.08. The second-order valence-corrected chi connectivity index (χ2v) is 6.97. The number of aliphatic hydroxyl groups is 1. The molecule has 2 aromatic carbocycles. The maximum atomic E-state index is 10.4. The fraction of sp³-hybridized carbons (Fsp3) is 0.294. The largest absolute Gasteiger partial charge is 0.496 e. The molecule has 0 bridgehead atoms. The highest BCUT2D eigenvalue weighted by molar-refractivity contribution is 9.10. The van der Waals surface area contributed by atoms with Crippen molar-refractivity contribution < 1.29 is 9.84 Å². The van der Waals surface area contributed by atoms with E-state index in [1.165, 1.54) is 0 Å². The van der Waals surface area contributed by atoms with Crippen molar-refractivity contribution in [3.8, 4) is 5.75 Å². The van der Waals surface area contributed by atoms with Crippen molar-refractivity contribution in [3.63, 3.8) is 0 Å². The lowest BCUT2D eigenvalue weighted by atomic mass is 10.0. The van der Waals surface area contributed by atoms with Crippen molar-refractivity contribution >= 4 is 27.7 Å². The van der Waals surface area contributed by atoms with Gasteiger partial charge in [0.2, 0.25) is 0 Å². The van der Waals surface area contributed by atoms with Crippen molar-refractivity contribution in [1.82, 2.24) is 0 Å². The Morgan fingerprint density at radius 1 is 1.14 bits per heavy atom. The molecule has 2 nitrogen and oxygen atoms in total. The van der Waals surface area contributed by atoms with Crippen LogP contribution in [-0.4, -0.2) is 18.0 Å². The lowest BCUT2D eigenvalue weighted by Crippen LogP contribution is -2.04. The number of halogens is 1. The Morgan fingerprint density at radius 2 is 1.81 bits per heavy atom. The van der Waals surface area contributed by atoms with Crippen molar-refractivity contribution in [3.05, 3.63) is 57.6 Å². The lowest BCUT2D eigenvalue weighted by Gasteiger charge is -2.16. The number of hydrogen-bond acceptors (Lipinski definition) is 3. The minimum Gasteiger partial charge on any atom is -0.496 e. The monoisotopic (exact) mass is 366 g/mol. The van der Waals surface area contributed by atoms with Crippen LogP contribution in [0, 0.1) is 13.8 Å². The topological polar surface area (TPSA) is 29.5 Å². The molecule has 0 aliphatic heterocycles. The SMILES string of the molecule is COc1cc(C)c(C(O)CSc2ccc(Br)cc2)cc1C. The Labute approximate surface area is 138 Å². The molecule has 0 saturated carbocycles. The number of hydrogen-bond donors (Lipinski definition) is 1. The van der Waals surface area contributed by atoms with Gasteiger partial charge in [-0.2, -0.15) is 0 Å². The molecule has 4 heteroatoms.